The van der Waals surface area contributed by atoms with Gasteiger partial charge >= 0.3 is 0 Å². The molecule has 1 aromatic heterocycles. The SMILES string of the molecule is Cc1csc(CC(=O)N/N=C\c2ccc(OCc3ccccc3)cc2)n1. The highest BCUT2D eigenvalue weighted by Crippen LogP contribution is 2.13. The van der Waals surface area contributed by atoms with E-state index in [0.717, 1.165) is 27.6 Å². The van der Waals surface area contributed by atoms with Gasteiger partial charge in [-0.05, 0) is 42.3 Å². The summed E-state index contributed by atoms with van der Waals surface area (Å²) in [6, 6.07) is 17.5. The molecule has 3 rings (SSSR count). The molecule has 0 atom stereocenters. The molecule has 132 valence electrons. The van der Waals surface area contributed by atoms with E-state index in [1.807, 2.05) is 66.9 Å². The maximum absolute atomic E-state index is 11.8. The van der Waals surface area contributed by atoms with Gasteiger partial charge in [0.15, 0.2) is 0 Å². The van der Waals surface area contributed by atoms with Gasteiger partial charge in [0.2, 0.25) is 5.91 Å². The molecular formula is C20H19N3O2S. The number of thiazole rings is 1. The largest absolute Gasteiger partial charge is 0.489 e. The normalized spacial score (nSPS) is 10.8. The van der Waals surface area contributed by atoms with Gasteiger partial charge in [0, 0.05) is 11.1 Å². The van der Waals surface area contributed by atoms with Crippen LogP contribution in [0.4, 0.5) is 0 Å². The Kier molecular flexibility index (Phi) is 6.11. The maximum Gasteiger partial charge on any atom is 0.246 e. The number of hydrogen-bond acceptors (Lipinski definition) is 5. The van der Waals surface area contributed by atoms with Crippen LogP contribution in [0.1, 0.15) is 21.8 Å². The molecule has 6 heteroatoms. The summed E-state index contributed by atoms with van der Waals surface area (Å²) in [5, 5.41) is 6.69. The smallest absolute Gasteiger partial charge is 0.246 e. The van der Waals surface area contributed by atoms with E-state index in [4.69, 9.17) is 4.74 Å². The number of aryl methyl sites for hydroxylation is 1. The van der Waals surface area contributed by atoms with Crippen LogP contribution in [-0.4, -0.2) is 17.1 Å². The van der Waals surface area contributed by atoms with Crippen LogP contribution in [0.15, 0.2) is 65.1 Å². The molecule has 0 aliphatic heterocycles. The highest BCUT2D eigenvalue weighted by atomic mass is 32.1. The van der Waals surface area contributed by atoms with Gasteiger partial charge in [-0.15, -0.1) is 11.3 Å². The van der Waals surface area contributed by atoms with Crippen LogP contribution in [0.5, 0.6) is 5.75 Å². The Hall–Kier alpha value is -2.99. The van der Waals surface area contributed by atoms with Crippen LogP contribution in [0.3, 0.4) is 0 Å². The van der Waals surface area contributed by atoms with Gasteiger partial charge in [0.25, 0.3) is 0 Å². The summed E-state index contributed by atoms with van der Waals surface area (Å²) in [5.74, 6) is 0.604. The van der Waals surface area contributed by atoms with Crippen molar-refractivity contribution in [2.24, 2.45) is 5.10 Å². The van der Waals surface area contributed by atoms with Crippen molar-refractivity contribution in [3.8, 4) is 5.75 Å². The third kappa shape index (κ3) is 5.53. The first-order valence-electron chi connectivity index (χ1n) is 8.19. The first-order chi connectivity index (χ1) is 12.7. The van der Waals surface area contributed by atoms with Gasteiger partial charge in [0.1, 0.15) is 17.4 Å². The van der Waals surface area contributed by atoms with E-state index in [1.165, 1.54) is 11.3 Å². The number of carbonyl (C=O) groups excluding carboxylic acids is 1. The fourth-order valence-corrected chi connectivity index (χ4v) is 3.00. The molecule has 3 aromatic rings. The lowest BCUT2D eigenvalue weighted by molar-refractivity contribution is -0.120. The lowest BCUT2D eigenvalue weighted by Gasteiger charge is -2.06. The Labute approximate surface area is 156 Å². The number of hydrazone groups is 1. The maximum atomic E-state index is 11.8. The second kappa shape index (κ2) is 8.92. The Balaban J connectivity index is 1.46. The standard InChI is InChI=1S/C20H19N3O2S/c1-15-14-26-20(22-15)11-19(24)23-21-12-16-7-9-18(10-8-16)25-13-17-5-3-2-4-6-17/h2-10,12,14H,11,13H2,1H3,(H,23,24)/b21-12-. The van der Waals surface area contributed by atoms with Crippen molar-refractivity contribution in [2.75, 3.05) is 0 Å². The van der Waals surface area contributed by atoms with Gasteiger partial charge in [-0.1, -0.05) is 30.3 Å². The highest BCUT2D eigenvalue weighted by Gasteiger charge is 2.05. The van der Waals surface area contributed by atoms with Crippen molar-refractivity contribution in [3.63, 3.8) is 0 Å². The first kappa shape index (κ1) is 17.8. The molecule has 26 heavy (non-hydrogen) atoms. The van der Waals surface area contributed by atoms with Crippen molar-refractivity contribution in [1.29, 1.82) is 0 Å². The molecule has 5 nitrogen and oxygen atoms in total. The van der Waals surface area contributed by atoms with Gasteiger partial charge in [0.05, 0.1) is 12.6 Å². The fourth-order valence-electron chi connectivity index (χ4n) is 2.23. The van der Waals surface area contributed by atoms with E-state index in [2.05, 4.69) is 15.5 Å². The third-order valence-corrected chi connectivity index (χ3v) is 4.48. The summed E-state index contributed by atoms with van der Waals surface area (Å²) in [4.78, 5) is 16.1. The van der Waals surface area contributed by atoms with Gasteiger partial charge < -0.3 is 4.74 Å². The number of hydrogen-bond donors (Lipinski definition) is 1. The molecule has 1 heterocycles. The van der Waals surface area contributed by atoms with Crippen molar-refractivity contribution in [1.82, 2.24) is 10.4 Å². The molecule has 0 saturated carbocycles. The number of ether oxygens (including phenoxy) is 1. The van der Waals surface area contributed by atoms with Crippen molar-refractivity contribution in [3.05, 3.63) is 81.8 Å². The predicted octanol–water partition coefficient (Wildman–Crippen LogP) is 3.72. The molecule has 0 bridgehead atoms. The van der Waals surface area contributed by atoms with E-state index >= 15 is 0 Å². The van der Waals surface area contributed by atoms with Crippen molar-refractivity contribution >= 4 is 23.5 Å². The number of amides is 1. The summed E-state index contributed by atoms with van der Waals surface area (Å²) in [6.45, 7) is 2.43. The molecule has 0 spiro atoms. The number of rotatable bonds is 7. The first-order valence-corrected chi connectivity index (χ1v) is 9.07. The zero-order valence-corrected chi connectivity index (χ0v) is 15.2. The molecule has 0 radical (unpaired) electrons. The second-order valence-corrected chi connectivity index (χ2v) is 6.64. The molecular weight excluding hydrogens is 346 g/mol. The zero-order chi connectivity index (χ0) is 18.2. The minimum atomic E-state index is -0.182. The lowest BCUT2D eigenvalue weighted by Crippen LogP contribution is -2.19. The number of nitrogens with zero attached hydrogens (tertiary/aromatic N) is 2. The third-order valence-electron chi connectivity index (χ3n) is 3.51. The Morgan fingerprint density at radius 3 is 2.65 bits per heavy atom. The van der Waals surface area contributed by atoms with Crippen molar-refractivity contribution < 1.29 is 9.53 Å². The van der Waals surface area contributed by atoms with Crippen LogP contribution in [-0.2, 0) is 17.8 Å². The minimum Gasteiger partial charge on any atom is -0.489 e. The molecule has 0 aliphatic rings. The second-order valence-electron chi connectivity index (χ2n) is 5.70. The molecule has 1 amide bonds. The van der Waals surface area contributed by atoms with Crippen LogP contribution in [0.25, 0.3) is 0 Å². The van der Waals surface area contributed by atoms with Gasteiger partial charge in [-0.3, -0.25) is 4.79 Å². The van der Waals surface area contributed by atoms with E-state index in [1.54, 1.807) is 6.21 Å². The minimum absolute atomic E-state index is 0.182. The average molecular weight is 365 g/mol. The zero-order valence-electron chi connectivity index (χ0n) is 14.4. The van der Waals surface area contributed by atoms with Crippen molar-refractivity contribution in [2.45, 2.75) is 20.0 Å². The number of nitrogens with one attached hydrogen (secondary N) is 1. The summed E-state index contributed by atoms with van der Waals surface area (Å²) in [7, 11) is 0. The number of benzene rings is 2. The summed E-state index contributed by atoms with van der Waals surface area (Å²) >= 11 is 1.47. The van der Waals surface area contributed by atoms with Crippen LogP contribution >= 0.6 is 11.3 Å². The van der Waals surface area contributed by atoms with E-state index in [9.17, 15) is 4.79 Å². The molecule has 2 aromatic carbocycles. The average Bonchev–Trinajstić information content (AvgIpc) is 3.06. The summed E-state index contributed by atoms with van der Waals surface area (Å²) < 4.78 is 5.74. The lowest BCUT2D eigenvalue weighted by atomic mass is 10.2. The molecule has 1 N–H and O–H groups in total. The molecule has 0 unspecified atom stereocenters. The molecule has 0 saturated heterocycles. The summed E-state index contributed by atoms with van der Waals surface area (Å²) in [5.41, 5.74) is 5.44. The van der Waals surface area contributed by atoms with E-state index in [0.29, 0.717) is 6.61 Å². The molecule has 0 aliphatic carbocycles. The van der Waals surface area contributed by atoms with Gasteiger partial charge in [-0.2, -0.15) is 5.10 Å². The Morgan fingerprint density at radius 2 is 1.96 bits per heavy atom. The van der Waals surface area contributed by atoms with Crippen LogP contribution in [0, 0.1) is 6.92 Å². The predicted molar refractivity (Wildman–Crippen MR) is 104 cm³/mol. The topological polar surface area (TPSA) is 63.6 Å². The Bertz CT molecular complexity index is 874. The Morgan fingerprint density at radius 1 is 1.19 bits per heavy atom. The van der Waals surface area contributed by atoms with Crippen LogP contribution in [0.2, 0.25) is 0 Å². The quantitative estimate of drug-likeness (QED) is 0.513. The number of carbonyl (C=O) groups is 1. The summed E-state index contributed by atoms with van der Waals surface area (Å²) in [6.07, 6.45) is 1.84. The van der Waals surface area contributed by atoms with E-state index in [-0.39, 0.29) is 12.3 Å². The van der Waals surface area contributed by atoms with Gasteiger partial charge in [-0.25, -0.2) is 10.4 Å². The fraction of sp³-hybridized carbons (Fsp3) is 0.150. The highest BCUT2D eigenvalue weighted by molar-refractivity contribution is 7.09. The molecule has 0 fully saturated rings. The monoisotopic (exact) mass is 365 g/mol. The van der Waals surface area contributed by atoms with E-state index < -0.39 is 0 Å². The van der Waals surface area contributed by atoms with Crippen LogP contribution < -0.4 is 10.2 Å². The number of aromatic nitrogens is 1.